The number of nitrogens with zero attached hydrogens (tertiary/aromatic N) is 2. The van der Waals surface area contributed by atoms with Crippen molar-refractivity contribution >= 4 is 38.2 Å². The van der Waals surface area contributed by atoms with E-state index in [4.69, 9.17) is 13.9 Å². The molecule has 3 atom stereocenters. The highest BCUT2D eigenvalue weighted by molar-refractivity contribution is 6.74. The van der Waals surface area contributed by atoms with Gasteiger partial charge in [0.25, 0.3) is 0 Å². The Morgan fingerprint density at radius 2 is 1.64 bits per heavy atom. The van der Waals surface area contributed by atoms with Crippen molar-refractivity contribution in [1.82, 2.24) is 14.9 Å². The number of carbonyl (C=O) groups is 4. The maximum atomic E-state index is 16.0. The van der Waals surface area contributed by atoms with Crippen LogP contribution in [0, 0.1) is 5.92 Å². The van der Waals surface area contributed by atoms with E-state index >= 15 is 8.78 Å². The van der Waals surface area contributed by atoms with E-state index in [2.05, 4.69) is 20.4 Å². The number of alkyl carbamates (subject to hydrolysis) is 1. The summed E-state index contributed by atoms with van der Waals surface area (Å²) in [5, 5.41) is 14.9. The number of hydrogen-bond acceptors (Lipinski definition) is 11. The Bertz CT molecular complexity index is 1280. The quantitative estimate of drug-likeness (QED) is 0.167. The van der Waals surface area contributed by atoms with E-state index in [9.17, 15) is 29.1 Å². The number of aliphatic hydroxyl groups excluding tert-OH is 1. The van der Waals surface area contributed by atoms with E-state index in [1.165, 1.54) is 20.8 Å². The maximum Gasteiger partial charge on any atom is 0.412 e. The molecule has 45 heavy (non-hydrogen) atoms. The van der Waals surface area contributed by atoms with Gasteiger partial charge in [-0.2, -0.15) is 13.8 Å². The molecule has 0 aromatic carbocycles. The number of halogens is 2. The highest BCUT2D eigenvalue weighted by atomic mass is 28.4. The average molecular weight is 665 g/mol. The van der Waals surface area contributed by atoms with Crippen molar-refractivity contribution in [2.45, 2.75) is 110 Å². The van der Waals surface area contributed by atoms with Crippen molar-refractivity contribution in [3.8, 4) is 0 Å². The van der Waals surface area contributed by atoms with Gasteiger partial charge >= 0.3 is 35.7 Å². The lowest BCUT2D eigenvalue weighted by Crippen LogP contribution is -2.58. The number of nitrogens with one attached hydrogen (secondary N) is 2. The fourth-order valence-electron chi connectivity index (χ4n) is 3.30. The summed E-state index contributed by atoms with van der Waals surface area (Å²) in [6, 6.07) is -0.636. The van der Waals surface area contributed by atoms with E-state index in [1.54, 1.807) is 33.9 Å². The number of amides is 2. The van der Waals surface area contributed by atoms with Gasteiger partial charge in [-0.25, -0.2) is 23.7 Å². The molecule has 0 unspecified atom stereocenters. The molecule has 256 valence electrons. The Morgan fingerprint density at radius 1 is 1.07 bits per heavy atom. The van der Waals surface area contributed by atoms with Gasteiger partial charge in [0, 0.05) is 6.20 Å². The molecule has 2 amide bonds. The lowest BCUT2D eigenvalue weighted by Gasteiger charge is -2.38. The Hall–Kier alpha value is -3.44. The number of aliphatic hydroxyl groups is 1. The van der Waals surface area contributed by atoms with E-state index in [0.29, 0.717) is 6.20 Å². The molecule has 1 aromatic rings. The molecule has 17 heteroatoms. The van der Waals surface area contributed by atoms with Crippen LogP contribution in [0.2, 0.25) is 18.1 Å². The number of carbonyl (C=O) groups excluding carboxylic acids is 4. The Balaban J connectivity index is 3.48. The lowest BCUT2D eigenvalue weighted by atomic mass is 10.0. The van der Waals surface area contributed by atoms with Gasteiger partial charge in [-0.1, -0.05) is 34.6 Å². The summed E-state index contributed by atoms with van der Waals surface area (Å²) in [5.41, 5.74) is -2.45. The molecule has 0 radical (unpaired) electrons. The van der Waals surface area contributed by atoms with Crippen LogP contribution in [0.25, 0.3) is 0 Å². The molecule has 0 bridgehead atoms. The summed E-state index contributed by atoms with van der Waals surface area (Å²) in [4.78, 5) is 66.2. The van der Waals surface area contributed by atoms with Crippen LogP contribution < -0.4 is 16.3 Å². The molecular weight excluding hydrogens is 618 g/mol. The van der Waals surface area contributed by atoms with Crippen LogP contribution >= 0.6 is 0 Å². The van der Waals surface area contributed by atoms with Crippen molar-refractivity contribution in [3.05, 3.63) is 22.7 Å². The van der Waals surface area contributed by atoms with E-state index in [-0.39, 0.29) is 17.0 Å². The first-order chi connectivity index (χ1) is 20.3. The highest BCUT2D eigenvalue weighted by Gasteiger charge is 2.55. The monoisotopic (exact) mass is 664 g/mol. The number of alkyl halides is 2. The SMILES string of the molecule is CCOC(=O)Nc1ccn(C(=O)C(F)(F)[C@H](OC(=O)[C@@H](NC(=O)OC(C)(C)C)C(C)C)[C@H](O)CO[Si](C)(C)C(C)(C)C)c(=O)n1. The zero-order valence-corrected chi connectivity index (χ0v) is 28.7. The second kappa shape index (κ2) is 15.2. The minimum Gasteiger partial charge on any atom is -0.451 e. The van der Waals surface area contributed by atoms with Gasteiger partial charge in [-0.05, 0) is 57.8 Å². The zero-order chi connectivity index (χ0) is 35.1. The van der Waals surface area contributed by atoms with Crippen LogP contribution in [0.5, 0.6) is 0 Å². The fraction of sp³-hybridized carbons (Fsp3) is 0.714. The molecule has 3 N–H and O–H groups in total. The minimum atomic E-state index is -4.72. The molecule has 0 aliphatic rings. The predicted octanol–water partition coefficient (Wildman–Crippen LogP) is 3.93. The van der Waals surface area contributed by atoms with Crippen molar-refractivity contribution in [2.75, 3.05) is 18.5 Å². The fourth-order valence-corrected chi connectivity index (χ4v) is 4.32. The molecule has 1 heterocycles. The van der Waals surface area contributed by atoms with Gasteiger partial charge in [0.15, 0.2) is 8.32 Å². The Morgan fingerprint density at radius 3 is 2.11 bits per heavy atom. The van der Waals surface area contributed by atoms with Crippen LogP contribution in [-0.4, -0.2) is 90.0 Å². The van der Waals surface area contributed by atoms with Crippen molar-refractivity contribution in [1.29, 1.82) is 0 Å². The molecular formula is C28H46F2N4O10Si. The molecule has 14 nitrogen and oxygen atoms in total. The third kappa shape index (κ3) is 11.5. The summed E-state index contributed by atoms with van der Waals surface area (Å²) >= 11 is 0. The standard InChI is InChI=1S/C28H46F2N4O10Si/c1-12-41-24(39)32-18-13-14-34(23(38)31-18)22(37)28(29,30)20(17(35)15-42-45(10,11)27(7,8)9)43-21(36)19(16(2)3)33-25(40)44-26(4,5)6/h13-14,16-17,19-20,35H,12,15H2,1-11H3,(H,33,40)(H,31,32,38,39)/t17-,19+,20-/m1/s1. The number of ether oxygens (including phenoxy) is 3. The van der Waals surface area contributed by atoms with Gasteiger partial charge in [0.1, 0.15) is 23.6 Å². The summed E-state index contributed by atoms with van der Waals surface area (Å²) < 4.78 is 52.6. The van der Waals surface area contributed by atoms with Gasteiger partial charge in [0.2, 0.25) is 6.10 Å². The summed E-state index contributed by atoms with van der Waals surface area (Å²) in [6.45, 7) is 17.7. The van der Waals surface area contributed by atoms with Gasteiger partial charge in [-0.15, -0.1) is 0 Å². The van der Waals surface area contributed by atoms with Crippen molar-refractivity contribution in [2.24, 2.45) is 5.92 Å². The van der Waals surface area contributed by atoms with E-state index in [1.807, 2.05) is 20.8 Å². The van der Waals surface area contributed by atoms with Gasteiger partial charge < -0.3 is 29.1 Å². The molecule has 0 aliphatic carbocycles. The zero-order valence-electron chi connectivity index (χ0n) is 27.7. The number of aromatic nitrogens is 2. The normalized spacial score (nSPS) is 14.6. The molecule has 0 spiro atoms. The van der Waals surface area contributed by atoms with Gasteiger partial charge in [-0.3, -0.25) is 10.1 Å². The number of rotatable bonds is 12. The van der Waals surface area contributed by atoms with Crippen LogP contribution in [0.15, 0.2) is 17.1 Å². The summed E-state index contributed by atoms with van der Waals surface area (Å²) in [7, 11) is -2.64. The molecule has 0 saturated heterocycles. The van der Waals surface area contributed by atoms with Crippen LogP contribution in [0.3, 0.4) is 0 Å². The first kappa shape index (κ1) is 39.6. The Labute approximate surface area is 262 Å². The molecule has 1 aromatic heterocycles. The second-order valence-electron chi connectivity index (χ2n) is 13.1. The van der Waals surface area contributed by atoms with E-state index < -0.39 is 85.4 Å². The highest BCUT2D eigenvalue weighted by Crippen LogP contribution is 2.37. The number of anilines is 1. The lowest BCUT2D eigenvalue weighted by molar-refractivity contribution is -0.187. The second-order valence-corrected chi connectivity index (χ2v) is 17.9. The third-order valence-corrected chi connectivity index (χ3v) is 11.3. The smallest absolute Gasteiger partial charge is 0.412 e. The number of hydrogen-bond donors (Lipinski definition) is 3. The first-order valence-electron chi connectivity index (χ1n) is 14.3. The topological polar surface area (TPSA) is 184 Å². The van der Waals surface area contributed by atoms with Crippen LogP contribution in [-0.2, 0) is 23.4 Å². The maximum absolute atomic E-state index is 16.0. The molecule has 0 fully saturated rings. The van der Waals surface area contributed by atoms with E-state index in [0.717, 1.165) is 6.07 Å². The summed E-state index contributed by atoms with van der Waals surface area (Å²) in [6.07, 6.45) is -6.51. The predicted molar refractivity (Wildman–Crippen MR) is 162 cm³/mol. The first-order valence-corrected chi connectivity index (χ1v) is 17.2. The van der Waals surface area contributed by atoms with Crippen molar-refractivity contribution in [3.63, 3.8) is 0 Å². The third-order valence-electron chi connectivity index (χ3n) is 6.78. The molecule has 0 saturated carbocycles. The summed E-state index contributed by atoms with van der Waals surface area (Å²) in [5.74, 6) is -9.40. The molecule has 0 aliphatic heterocycles. The van der Waals surface area contributed by atoms with Gasteiger partial charge in [0.05, 0.1) is 13.2 Å². The largest absolute Gasteiger partial charge is 0.451 e. The van der Waals surface area contributed by atoms with Crippen LogP contribution in [0.4, 0.5) is 24.2 Å². The Kier molecular flexibility index (Phi) is 13.4. The minimum absolute atomic E-state index is 0.000140. The molecule has 1 rings (SSSR count). The number of esters is 1. The van der Waals surface area contributed by atoms with Crippen molar-refractivity contribution < 1.29 is 51.7 Å². The van der Waals surface area contributed by atoms with Crippen LogP contribution in [0.1, 0.15) is 67.1 Å². The average Bonchev–Trinajstić information content (AvgIpc) is 2.86.